The van der Waals surface area contributed by atoms with E-state index in [0.29, 0.717) is 12.8 Å². The summed E-state index contributed by atoms with van der Waals surface area (Å²) in [5.41, 5.74) is 4.82. The zero-order chi connectivity index (χ0) is 22.8. The first kappa shape index (κ1) is 23.4. The molecule has 31 heavy (non-hydrogen) atoms. The lowest BCUT2D eigenvalue weighted by molar-refractivity contribution is -0.126. The topological polar surface area (TPSA) is 66.5 Å². The summed E-state index contributed by atoms with van der Waals surface area (Å²) in [6, 6.07) is 10.1. The van der Waals surface area contributed by atoms with Gasteiger partial charge >= 0.3 is 0 Å². The Morgan fingerprint density at radius 2 is 1.71 bits per heavy atom. The van der Waals surface area contributed by atoms with Crippen LogP contribution in [0.1, 0.15) is 53.6 Å². The van der Waals surface area contributed by atoms with E-state index in [1.807, 2.05) is 13.8 Å². The Morgan fingerprint density at radius 3 is 2.35 bits per heavy atom. The van der Waals surface area contributed by atoms with E-state index < -0.39 is 15.8 Å². The van der Waals surface area contributed by atoms with Crippen LogP contribution in [0.2, 0.25) is 0 Å². The Labute approximate surface area is 184 Å². The number of aryl methyl sites for hydroxylation is 3. The third-order valence-corrected chi connectivity index (χ3v) is 8.05. The fraction of sp³-hybridized carbons (Fsp3) is 0.458. The predicted molar refractivity (Wildman–Crippen MR) is 121 cm³/mol. The molecule has 1 saturated heterocycles. The summed E-state index contributed by atoms with van der Waals surface area (Å²) in [6.07, 6.45) is 0.919. The molecule has 3 rings (SSSR count). The van der Waals surface area contributed by atoms with E-state index in [1.54, 1.807) is 6.07 Å². The molecule has 1 fully saturated rings. The Kier molecular flexibility index (Phi) is 7.17. The van der Waals surface area contributed by atoms with E-state index in [0.717, 1.165) is 11.1 Å². The molecule has 5 nitrogen and oxygen atoms in total. The number of nitrogens with one attached hydrogen (secondary N) is 1. The Bertz CT molecular complexity index is 1060. The summed E-state index contributed by atoms with van der Waals surface area (Å²) < 4.78 is 40.6. The van der Waals surface area contributed by atoms with Gasteiger partial charge in [-0.1, -0.05) is 30.3 Å². The number of nitrogens with zero attached hydrogens (tertiary/aromatic N) is 1. The second-order valence-corrected chi connectivity index (χ2v) is 10.5. The molecule has 1 aliphatic heterocycles. The molecule has 0 radical (unpaired) electrons. The van der Waals surface area contributed by atoms with Gasteiger partial charge in [-0.05, 0) is 68.9 Å². The van der Waals surface area contributed by atoms with Crippen molar-refractivity contribution in [2.75, 3.05) is 13.1 Å². The van der Waals surface area contributed by atoms with E-state index in [2.05, 4.69) is 31.3 Å². The van der Waals surface area contributed by atoms with Gasteiger partial charge in [0.15, 0.2) is 0 Å². The number of sulfonamides is 1. The maximum Gasteiger partial charge on any atom is 0.223 e. The molecule has 1 heterocycles. The van der Waals surface area contributed by atoms with Crippen LogP contribution in [0, 0.1) is 32.5 Å². The first-order valence-corrected chi connectivity index (χ1v) is 12.3. The van der Waals surface area contributed by atoms with Crippen LogP contribution in [0.5, 0.6) is 0 Å². The molecule has 1 atom stereocenters. The zero-order valence-corrected chi connectivity index (χ0v) is 19.4. The SMILES string of the molecule is Cc1cc(C)c([C@H](C)NC(=O)C2CCN(S(=O)(=O)Cc3ccccc3F)CC2)cc1C. The van der Waals surface area contributed by atoms with Gasteiger partial charge in [0.05, 0.1) is 11.8 Å². The molecule has 0 bridgehead atoms. The van der Waals surface area contributed by atoms with Crippen molar-refractivity contribution in [1.82, 2.24) is 9.62 Å². The number of hydrogen-bond donors (Lipinski definition) is 1. The van der Waals surface area contributed by atoms with Crippen molar-refractivity contribution < 1.29 is 17.6 Å². The van der Waals surface area contributed by atoms with Crippen LogP contribution in [0.25, 0.3) is 0 Å². The molecule has 0 saturated carbocycles. The monoisotopic (exact) mass is 446 g/mol. The first-order valence-electron chi connectivity index (χ1n) is 10.7. The van der Waals surface area contributed by atoms with Crippen molar-refractivity contribution in [2.45, 2.75) is 52.3 Å². The quantitative estimate of drug-likeness (QED) is 0.724. The van der Waals surface area contributed by atoms with Crippen molar-refractivity contribution in [1.29, 1.82) is 0 Å². The highest BCUT2D eigenvalue weighted by atomic mass is 32.2. The largest absolute Gasteiger partial charge is 0.349 e. The Hall–Kier alpha value is -2.25. The number of benzene rings is 2. The van der Waals surface area contributed by atoms with Crippen molar-refractivity contribution in [3.05, 3.63) is 70.0 Å². The van der Waals surface area contributed by atoms with Crippen molar-refractivity contribution in [3.8, 4) is 0 Å². The van der Waals surface area contributed by atoms with Gasteiger partial charge in [0.1, 0.15) is 5.82 Å². The van der Waals surface area contributed by atoms with Crippen LogP contribution in [-0.2, 0) is 20.6 Å². The zero-order valence-electron chi connectivity index (χ0n) is 18.6. The summed E-state index contributed by atoms with van der Waals surface area (Å²) in [6.45, 7) is 8.69. The minimum absolute atomic E-state index is 0.0451. The van der Waals surface area contributed by atoms with Crippen LogP contribution in [0.15, 0.2) is 36.4 Å². The minimum atomic E-state index is -3.63. The highest BCUT2D eigenvalue weighted by Crippen LogP contribution is 2.25. The van der Waals surface area contributed by atoms with Crippen molar-refractivity contribution in [3.63, 3.8) is 0 Å². The lowest BCUT2D eigenvalue weighted by atomic mass is 9.94. The molecule has 168 valence electrons. The number of carbonyl (C=O) groups excluding carboxylic acids is 1. The second-order valence-electron chi connectivity index (χ2n) is 8.54. The summed E-state index contributed by atoms with van der Waals surface area (Å²) in [5, 5.41) is 3.10. The van der Waals surface area contributed by atoms with Crippen LogP contribution >= 0.6 is 0 Å². The van der Waals surface area contributed by atoms with Gasteiger partial charge < -0.3 is 5.32 Å². The molecule has 0 spiro atoms. The van der Waals surface area contributed by atoms with Gasteiger partial charge in [-0.15, -0.1) is 0 Å². The summed E-state index contributed by atoms with van der Waals surface area (Å²) >= 11 is 0. The molecule has 1 amide bonds. The van der Waals surface area contributed by atoms with Crippen LogP contribution in [0.3, 0.4) is 0 Å². The molecule has 0 aromatic heterocycles. The van der Waals surface area contributed by atoms with Crippen molar-refractivity contribution >= 4 is 15.9 Å². The summed E-state index contributed by atoms with van der Waals surface area (Å²) in [4.78, 5) is 12.8. The lowest BCUT2D eigenvalue weighted by Gasteiger charge is -2.31. The highest BCUT2D eigenvalue weighted by Gasteiger charge is 2.32. The Morgan fingerprint density at radius 1 is 1.10 bits per heavy atom. The summed E-state index contributed by atoms with van der Waals surface area (Å²) in [7, 11) is -3.63. The number of piperidine rings is 1. The molecule has 2 aromatic carbocycles. The van der Waals surface area contributed by atoms with Gasteiger partial charge in [-0.25, -0.2) is 17.1 Å². The van der Waals surface area contributed by atoms with Gasteiger partial charge in [-0.2, -0.15) is 0 Å². The lowest BCUT2D eigenvalue weighted by Crippen LogP contribution is -2.43. The smallest absolute Gasteiger partial charge is 0.223 e. The number of carbonyl (C=O) groups is 1. The van der Waals surface area contributed by atoms with Gasteiger partial charge in [0.25, 0.3) is 0 Å². The highest BCUT2D eigenvalue weighted by molar-refractivity contribution is 7.88. The average Bonchev–Trinajstić information content (AvgIpc) is 2.72. The summed E-state index contributed by atoms with van der Waals surface area (Å²) in [5.74, 6) is -1.15. The van der Waals surface area contributed by atoms with Crippen molar-refractivity contribution in [2.24, 2.45) is 5.92 Å². The van der Waals surface area contributed by atoms with E-state index in [9.17, 15) is 17.6 Å². The fourth-order valence-corrected chi connectivity index (χ4v) is 5.73. The minimum Gasteiger partial charge on any atom is -0.349 e. The van der Waals surface area contributed by atoms with E-state index in [1.165, 1.54) is 33.6 Å². The number of hydrogen-bond acceptors (Lipinski definition) is 3. The van der Waals surface area contributed by atoms with Gasteiger partial charge in [0.2, 0.25) is 15.9 Å². The molecular weight excluding hydrogens is 415 g/mol. The molecule has 0 unspecified atom stereocenters. The average molecular weight is 447 g/mol. The van der Waals surface area contributed by atoms with E-state index in [-0.39, 0.29) is 42.3 Å². The van der Waals surface area contributed by atoms with Gasteiger partial charge in [-0.3, -0.25) is 4.79 Å². The molecule has 0 aliphatic carbocycles. The molecule has 1 aliphatic rings. The maximum atomic E-state index is 13.9. The standard InChI is InChI=1S/C24H31FN2O3S/c1-16-13-18(3)22(14-17(16)2)19(4)26-24(28)20-9-11-27(12-10-20)31(29,30)15-21-7-5-6-8-23(21)25/h5-8,13-14,19-20H,9-12,15H2,1-4H3,(H,26,28)/t19-/m0/s1. The number of amides is 1. The normalized spacial score (nSPS) is 16.8. The predicted octanol–water partition coefficient (Wildman–Crippen LogP) is 4.17. The molecule has 7 heteroatoms. The number of rotatable bonds is 6. The Balaban J connectivity index is 1.58. The third-order valence-electron chi connectivity index (χ3n) is 6.22. The van der Waals surface area contributed by atoms with E-state index in [4.69, 9.17) is 0 Å². The second kappa shape index (κ2) is 9.49. The van der Waals surface area contributed by atoms with Crippen LogP contribution < -0.4 is 5.32 Å². The maximum absolute atomic E-state index is 13.9. The van der Waals surface area contributed by atoms with Crippen LogP contribution in [0.4, 0.5) is 4.39 Å². The van der Waals surface area contributed by atoms with E-state index >= 15 is 0 Å². The third kappa shape index (κ3) is 5.52. The molecule has 2 aromatic rings. The van der Waals surface area contributed by atoms with Crippen LogP contribution in [-0.4, -0.2) is 31.7 Å². The molecular formula is C24H31FN2O3S. The number of halogens is 1. The molecule has 1 N–H and O–H groups in total. The fourth-order valence-electron chi connectivity index (χ4n) is 4.16. The van der Waals surface area contributed by atoms with Gasteiger partial charge in [0, 0.05) is 24.6 Å². The first-order chi connectivity index (χ1) is 14.6.